The van der Waals surface area contributed by atoms with Gasteiger partial charge in [-0.15, -0.1) is 0 Å². The van der Waals surface area contributed by atoms with Crippen molar-refractivity contribution in [1.29, 1.82) is 0 Å². The number of carbonyl (C=O) groups excluding carboxylic acids is 2. The summed E-state index contributed by atoms with van der Waals surface area (Å²) < 4.78 is 11.5. The lowest BCUT2D eigenvalue weighted by molar-refractivity contribution is -0.0170. The van der Waals surface area contributed by atoms with Gasteiger partial charge in [-0.25, -0.2) is 9.59 Å². The van der Waals surface area contributed by atoms with Gasteiger partial charge in [-0.05, 0) is 96.3 Å². The molecular formula is C32H50N4O4. The summed E-state index contributed by atoms with van der Waals surface area (Å²) in [6.07, 6.45) is 8.23. The molecule has 3 heterocycles. The van der Waals surface area contributed by atoms with Crippen molar-refractivity contribution >= 4 is 12.2 Å². The van der Waals surface area contributed by atoms with Crippen LogP contribution < -0.4 is 5.32 Å². The van der Waals surface area contributed by atoms with Gasteiger partial charge in [0.15, 0.2) is 0 Å². The van der Waals surface area contributed by atoms with Crippen LogP contribution >= 0.6 is 0 Å². The topological polar surface area (TPSA) is 74.4 Å². The first-order valence-electron chi connectivity index (χ1n) is 15.6. The molecule has 8 nitrogen and oxygen atoms in total. The summed E-state index contributed by atoms with van der Waals surface area (Å²) in [5.74, 6) is 1.30. The van der Waals surface area contributed by atoms with Gasteiger partial charge in [0.05, 0.1) is 6.54 Å². The highest BCUT2D eigenvalue weighted by Gasteiger charge is 2.48. The van der Waals surface area contributed by atoms with Crippen LogP contribution in [0.2, 0.25) is 0 Å². The van der Waals surface area contributed by atoms with Gasteiger partial charge in [0, 0.05) is 45.1 Å². The van der Waals surface area contributed by atoms with Gasteiger partial charge < -0.3 is 24.6 Å². The first kappa shape index (κ1) is 29.2. The predicted octanol–water partition coefficient (Wildman–Crippen LogP) is 5.27. The Hall–Kier alpha value is -2.32. The zero-order chi connectivity index (χ0) is 28.2. The van der Waals surface area contributed by atoms with E-state index >= 15 is 0 Å². The van der Waals surface area contributed by atoms with E-state index < -0.39 is 11.2 Å². The van der Waals surface area contributed by atoms with Crippen LogP contribution in [-0.2, 0) is 16.0 Å². The van der Waals surface area contributed by atoms with Crippen molar-refractivity contribution in [2.24, 2.45) is 11.8 Å². The normalized spacial score (nSPS) is 26.2. The highest BCUT2D eigenvalue weighted by molar-refractivity contribution is 5.71. The maximum absolute atomic E-state index is 12.8. The molecule has 1 saturated carbocycles. The second kappa shape index (κ2) is 12.7. The zero-order valence-electron chi connectivity index (χ0n) is 24.9. The van der Waals surface area contributed by atoms with Gasteiger partial charge in [0.25, 0.3) is 0 Å². The summed E-state index contributed by atoms with van der Waals surface area (Å²) in [6, 6.07) is 11.4. The van der Waals surface area contributed by atoms with Crippen molar-refractivity contribution in [3.05, 3.63) is 35.9 Å². The number of likely N-dealkylation sites (tertiary alicyclic amines) is 2. The smallest absolute Gasteiger partial charge is 0.410 e. The van der Waals surface area contributed by atoms with E-state index in [4.69, 9.17) is 9.47 Å². The Balaban J connectivity index is 0.971. The van der Waals surface area contributed by atoms with E-state index in [1.54, 1.807) is 4.90 Å². The highest BCUT2D eigenvalue weighted by atomic mass is 16.6. The van der Waals surface area contributed by atoms with E-state index in [1.165, 1.54) is 57.2 Å². The van der Waals surface area contributed by atoms with Gasteiger partial charge in [-0.3, -0.25) is 4.90 Å². The number of benzene rings is 1. The molecule has 3 aliphatic heterocycles. The summed E-state index contributed by atoms with van der Waals surface area (Å²) in [5, 5.41) is 3.89. The molecule has 40 heavy (non-hydrogen) atoms. The first-order chi connectivity index (χ1) is 19.2. The fourth-order valence-corrected chi connectivity index (χ4v) is 6.92. The average Bonchev–Trinajstić information content (AvgIpc) is 3.22. The minimum absolute atomic E-state index is 0.173. The number of hydrogen-bond donors (Lipinski definition) is 1. The van der Waals surface area contributed by atoms with Crippen LogP contribution in [0.5, 0.6) is 0 Å². The number of ether oxygens (including phenoxy) is 2. The Morgan fingerprint density at radius 3 is 2.27 bits per heavy atom. The molecule has 0 unspecified atom stereocenters. The minimum atomic E-state index is -0.502. The number of nitrogens with one attached hydrogen (secondary N) is 1. The molecule has 2 amide bonds. The number of nitrogens with zero attached hydrogens (tertiary/aromatic N) is 3. The average molecular weight is 555 g/mol. The fourth-order valence-electron chi connectivity index (χ4n) is 6.92. The Bertz CT molecular complexity index is 972. The molecule has 1 aliphatic carbocycles. The molecule has 0 bridgehead atoms. The summed E-state index contributed by atoms with van der Waals surface area (Å²) >= 11 is 0. The number of hydrogen-bond acceptors (Lipinski definition) is 6. The number of amides is 2. The van der Waals surface area contributed by atoms with Gasteiger partial charge in [0.1, 0.15) is 11.2 Å². The summed E-state index contributed by atoms with van der Waals surface area (Å²) in [7, 11) is 0. The standard InChI is InChI=1S/C32H50N4O4/c1-31(2,3)39-29(37)35-19-15-32(16-20-35)24-36(30(38)40-32)23-27-11-9-25(10-12-27)21-33-28-13-17-34(18-14-28)22-26-7-5-4-6-8-26/h4-8,25,27-28,33H,9-24H2,1-3H3. The molecule has 8 heteroatoms. The van der Waals surface area contributed by atoms with Crippen LogP contribution in [0.3, 0.4) is 0 Å². The molecule has 4 fully saturated rings. The zero-order valence-corrected chi connectivity index (χ0v) is 24.9. The molecule has 0 atom stereocenters. The van der Waals surface area contributed by atoms with Gasteiger partial charge in [-0.2, -0.15) is 0 Å². The fraction of sp³-hybridized carbons (Fsp3) is 0.750. The molecule has 1 spiro atoms. The molecule has 5 rings (SSSR count). The summed E-state index contributed by atoms with van der Waals surface area (Å²) in [5.41, 5.74) is 0.456. The Morgan fingerprint density at radius 2 is 1.62 bits per heavy atom. The van der Waals surface area contributed by atoms with Crippen LogP contribution in [0.25, 0.3) is 0 Å². The van der Waals surface area contributed by atoms with Gasteiger partial charge in [0.2, 0.25) is 0 Å². The van der Waals surface area contributed by atoms with E-state index in [-0.39, 0.29) is 12.2 Å². The number of rotatable bonds is 7. The van der Waals surface area contributed by atoms with E-state index in [1.807, 2.05) is 25.7 Å². The van der Waals surface area contributed by atoms with E-state index in [9.17, 15) is 9.59 Å². The third-order valence-electron chi connectivity index (χ3n) is 9.34. The van der Waals surface area contributed by atoms with Crippen molar-refractivity contribution in [3.8, 4) is 0 Å². The molecule has 1 aromatic carbocycles. The molecule has 1 aromatic rings. The van der Waals surface area contributed by atoms with Gasteiger partial charge in [-0.1, -0.05) is 30.3 Å². The van der Waals surface area contributed by atoms with Crippen molar-refractivity contribution in [2.45, 2.75) is 95.9 Å². The molecule has 1 N–H and O–H groups in total. The van der Waals surface area contributed by atoms with Crippen LogP contribution in [-0.4, -0.2) is 89.9 Å². The van der Waals surface area contributed by atoms with Crippen molar-refractivity contribution in [1.82, 2.24) is 20.0 Å². The van der Waals surface area contributed by atoms with E-state index in [0.29, 0.717) is 44.4 Å². The van der Waals surface area contributed by atoms with Crippen LogP contribution in [0.4, 0.5) is 9.59 Å². The van der Waals surface area contributed by atoms with Crippen molar-refractivity contribution in [2.75, 3.05) is 45.8 Å². The molecule has 3 saturated heterocycles. The van der Waals surface area contributed by atoms with Crippen molar-refractivity contribution < 1.29 is 19.1 Å². The second-order valence-corrected chi connectivity index (χ2v) is 13.7. The van der Waals surface area contributed by atoms with Crippen LogP contribution in [0.15, 0.2) is 30.3 Å². The second-order valence-electron chi connectivity index (χ2n) is 13.7. The maximum Gasteiger partial charge on any atom is 0.410 e. The quantitative estimate of drug-likeness (QED) is 0.495. The summed E-state index contributed by atoms with van der Waals surface area (Å²) in [6.45, 7) is 12.8. The molecular weight excluding hydrogens is 504 g/mol. The van der Waals surface area contributed by atoms with Crippen LogP contribution in [0, 0.1) is 11.8 Å². The number of carbonyl (C=O) groups is 2. The largest absolute Gasteiger partial charge is 0.444 e. The lowest BCUT2D eigenvalue weighted by Gasteiger charge is -2.38. The molecule has 222 valence electrons. The first-order valence-corrected chi connectivity index (χ1v) is 15.6. The molecule has 4 aliphatic rings. The predicted molar refractivity (Wildman–Crippen MR) is 156 cm³/mol. The SMILES string of the molecule is CC(C)(C)OC(=O)N1CCC2(CC1)CN(CC1CCC(CNC3CCN(Cc4ccccc4)CC3)CC1)C(=O)O2. The Morgan fingerprint density at radius 1 is 0.975 bits per heavy atom. The minimum Gasteiger partial charge on any atom is -0.444 e. The van der Waals surface area contributed by atoms with E-state index in [2.05, 4.69) is 40.5 Å². The lowest BCUT2D eigenvalue weighted by atomic mass is 9.81. The third kappa shape index (κ3) is 7.90. The Kier molecular flexibility index (Phi) is 9.25. The van der Waals surface area contributed by atoms with Crippen molar-refractivity contribution in [3.63, 3.8) is 0 Å². The maximum atomic E-state index is 12.8. The lowest BCUT2D eigenvalue weighted by Crippen LogP contribution is -2.50. The molecule has 0 radical (unpaired) electrons. The highest BCUT2D eigenvalue weighted by Crippen LogP contribution is 2.36. The van der Waals surface area contributed by atoms with Crippen LogP contribution in [0.1, 0.15) is 77.7 Å². The summed E-state index contributed by atoms with van der Waals surface area (Å²) in [4.78, 5) is 31.5. The molecule has 0 aromatic heterocycles. The van der Waals surface area contributed by atoms with Gasteiger partial charge >= 0.3 is 12.2 Å². The third-order valence-corrected chi connectivity index (χ3v) is 9.34. The Labute approximate surface area is 240 Å². The monoisotopic (exact) mass is 554 g/mol. The number of piperidine rings is 2. The van der Waals surface area contributed by atoms with E-state index in [0.717, 1.165) is 25.6 Å².